The van der Waals surface area contributed by atoms with Gasteiger partial charge in [-0.2, -0.15) is 0 Å². The van der Waals surface area contributed by atoms with Gasteiger partial charge in [0.05, 0.1) is 11.0 Å². The Labute approximate surface area is 166 Å². The fourth-order valence-corrected chi connectivity index (χ4v) is 4.03. The third-order valence-electron chi connectivity index (χ3n) is 5.98. The second kappa shape index (κ2) is 7.27. The molecule has 1 aliphatic rings. The highest BCUT2D eigenvalue weighted by Crippen LogP contribution is 2.31. The van der Waals surface area contributed by atoms with Gasteiger partial charge in [-0.15, -0.1) is 0 Å². The molecule has 0 radical (unpaired) electrons. The number of benzene rings is 2. The largest absolute Gasteiger partial charge is 0.339 e. The molecule has 2 atom stereocenters. The molecule has 0 fully saturated rings. The minimum absolute atomic E-state index is 0.111. The van der Waals surface area contributed by atoms with Gasteiger partial charge in [-0.1, -0.05) is 75.4 Å². The Bertz CT molecular complexity index is 1120. The molecule has 2 heteroatoms. The van der Waals surface area contributed by atoms with E-state index in [2.05, 4.69) is 67.9 Å². The van der Waals surface area contributed by atoms with E-state index in [1.54, 1.807) is 0 Å². The van der Waals surface area contributed by atoms with Gasteiger partial charge in [0, 0.05) is 22.7 Å². The fourth-order valence-electron chi connectivity index (χ4n) is 4.03. The topological polar surface area (TPSA) is 22.0 Å². The van der Waals surface area contributed by atoms with Crippen LogP contribution in [0.1, 0.15) is 27.2 Å². The summed E-state index contributed by atoms with van der Waals surface area (Å²) >= 11 is 0. The first-order valence-corrected chi connectivity index (χ1v) is 10.1. The molecule has 1 aromatic heterocycles. The van der Waals surface area contributed by atoms with Gasteiger partial charge >= 0.3 is 0 Å². The Balaban J connectivity index is 1.86. The first-order valence-electron chi connectivity index (χ1n) is 10.1. The maximum atomic E-state index is 13.0. The Hall–Kier alpha value is -2.87. The highest BCUT2D eigenvalue weighted by atomic mass is 16.1. The van der Waals surface area contributed by atoms with E-state index in [0.717, 1.165) is 34.8 Å². The van der Waals surface area contributed by atoms with Crippen molar-refractivity contribution < 1.29 is 0 Å². The molecule has 0 spiro atoms. The van der Waals surface area contributed by atoms with Crippen LogP contribution in [-0.4, -0.2) is 4.57 Å². The monoisotopic (exact) mass is 369 g/mol. The number of para-hydroxylation sites is 2. The zero-order valence-electron chi connectivity index (χ0n) is 16.9. The van der Waals surface area contributed by atoms with Crippen molar-refractivity contribution in [2.24, 2.45) is 11.3 Å². The second-order valence-electron chi connectivity index (χ2n) is 8.12. The second-order valence-corrected chi connectivity index (χ2v) is 8.12. The third-order valence-corrected chi connectivity index (χ3v) is 5.98. The van der Waals surface area contributed by atoms with Crippen LogP contribution < -0.4 is 5.43 Å². The Kier molecular flexibility index (Phi) is 4.80. The molecule has 1 aliphatic carbocycles. The highest BCUT2D eigenvalue weighted by molar-refractivity contribution is 5.93. The number of hydrogen-bond donors (Lipinski definition) is 0. The smallest absolute Gasteiger partial charge is 0.197 e. The van der Waals surface area contributed by atoms with E-state index in [1.807, 2.05) is 36.4 Å². The molecular formula is C26H27NO. The summed E-state index contributed by atoms with van der Waals surface area (Å²) in [6.45, 7) is 7.54. The molecule has 0 N–H and O–H groups in total. The van der Waals surface area contributed by atoms with Gasteiger partial charge in [0.25, 0.3) is 0 Å². The number of hydrogen-bond acceptors (Lipinski definition) is 1. The molecule has 0 saturated carbocycles. The van der Waals surface area contributed by atoms with Gasteiger partial charge in [0.2, 0.25) is 0 Å². The van der Waals surface area contributed by atoms with Crippen LogP contribution in [0.3, 0.4) is 0 Å². The summed E-state index contributed by atoms with van der Waals surface area (Å²) in [6, 6.07) is 15.9. The average molecular weight is 370 g/mol. The van der Waals surface area contributed by atoms with E-state index < -0.39 is 0 Å². The average Bonchev–Trinajstić information content (AvgIpc) is 2.92. The van der Waals surface area contributed by atoms with Crippen LogP contribution in [0.15, 0.2) is 89.3 Å². The number of pyridine rings is 1. The number of aromatic nitrogens is 1. The maximum Gasteiger partial charge on any atom is 0.197 e. The lowest BCUT2D eigenvalue weighted by atomic mass is 9.88. The molecule has 2 unspecified atom stereocenters. The van der Waals surface area contributed by atoms with Gasteiger partial charge in [-0.25, -0.2) is 0 Å². The molecule has 1 heterocycles. The van der Waals surface area contributed by atoms with E-state index in [-0.39, 0.29) is 10.8 Å². The van der Waals surface area contributed by atoms with Crippen LogP contribution in [0.2, 0.25) is 0 Å². The first-order chi connectivity index (χ1) is 13.5. The summed E-state index contributed by atoms with van der Waals surface area (Å²) in [5, 5.41) is 1.56. The molecule has 28 heavy (non-hydrogen) atoms. The third kappa shape index (κ3) is 3.24. The maximum absolute atomic E-state index is 13.0. The molecule has 0 amide bonds. The van der Waals surface area contributed by atoms with E-state index in [0.29, 0.717) is 5.92 Å². The van der Waals surface area contributed by atoms with E-state index in [9.17, 15) is 4.79 Å². The molecule has 0 saturated heterocycles. The lowest BCUT2D eigenvalue weighted by molar-refractivity contribution is 0.465. The summed E-state index contributed by atoms with van der Waals surface area (Å²) in [5.41, 5.74) is 3.34. The van der Waals surface area contributed by atoms with Crippen molar-refractivity contribution in [2.45, 2.75) is 33.7 Å². The molecule has 4 rings (SSSR count). The zero-order valence-corrected chi connectivity index (χ0v) is 16.9. The van der Waals surface area contributed by atoms with Crippen LogP contribution >= 0.6 is 0 Å². The number of fused-ring (bicyclic) bond motifs is 2. The molecule has 0 aliphatic heterocycles. The van der Waals surface area contributed by atoms with Crippen LogP contribution in [0.5, 0.6) is 0 Å². The van der Waals surface area contributed by atoms with E-state index in [4.69, 9.17) is 0 Å². The van der Waals surface area contributed by atoms with Crippen molar-refractivity contribution in [3.8, 4) is 0 Å². The van der Waals surface area contributed by atoms with E-state index in [1.165, 1.54) is 5.57 Å². The van der Waals surface area contributed by atoms with Crippen molar-refractivity contribution in [3.63, 3.8) is 0 Å². The number of allylic oxidation sites excluding steroid dienone is 6. The molecule has 0 bridgehead atoms. The minimum Gasteiger partial charge on any atom is -0.339 e. The van der Waals surface area contributed by atoms with Crippen LogP contribution in [0.4, 0.5) is 0 Å². The van der Waals surface area contributed by atoms with Gasteiger partial charge in [0.1, 0.15) is 0 Å². The van der Waals surface area contributed by atoms with Gasteiger partial charge in [-0.05, 0) is 42.2 Å². The molecule has 3 aromatic rings. The normalized spacial score (nSPS) is 20.3. The summed E-state index contributed by atoms with van der Waals surface area (Å²) in [4.78, 5) is 13.0. The van der Waals surface area contributed by atoms with Crippen molar-refractivity contribution >= 4 is 21.8 Å². The highest BCUT2D eigenvalue weighted by Gasteiger charge is 2.22. The van der Waals surface area contributed by atoms with Crippen molar-refractivity contribution in [2.75, 3.05) is 0 Å². The van der Waals surface area contributed by atoms with Crippen molar-refractivity contribution in [1.29, 1.82) is 0 Å². The summed E-state index contributed by atoms with van der Waals surface area (Å²) in [7, 11) is 0. The van der Waals surface area contributed by atoms with Crippen LogP contribution in [-0.2, 0) is 6.54 Å². The fraction of sp³-hybridized carbons (Fsp3) is 0.269. The Morgan fingerprint density at radius 1 is 0.964 bits per heavy atom. The predicted molar refractivity (Wildman–Crippen MR) is 120 cm³/mol. The van der Waals surface area contributed by atoms with Crippen molar-refractivity contribution in [3.05, 3.63) is 94.7 Å². The van der Waals surface area contributed by atoms with Crippen LogP contribution in [0.25, 0.3) is 21.8 Å². The lowest BCUT2D eigenvalue weighted by Gasteiger charge is -2.26. The zero-order chi connectivity index (χ0) is 19.7. The molecule has 142 valence electrons. The number of rotatable bonds is 4. The van der Waals surface area contributed by atoms with Crippen molar-refractivity contribution in [1.82, 2.24) is 4.57 Å². The quantitative estimate of drug-likeness (QED) is 0.498. The van der Waals surface area contributed by atoms with E-state index >= 15 is 0 Å². The first kappa shape index (κ1) is 18.5. The van der Waals surface area contributed by atoms with Gasteiger partial charge in [-0.3, -0.25) is 4.79 Å². The summed E-state index contributed by atoms with van der Waals surface area (Å²) in [6.07, 6.45) is 12.4. The predicted octanol–water partition coefficient (Wildman–Crippen LogP) is 6.26. The lowest BCUT2D eigenvalue weighted by Crippen LogP contribution is -2.21. The minimum atomic E-state index is -0.133. The summed E-state index contributed by atoms with van der Waals surface area (Å²) in [5.74, 6) is 0.553. The Morgan fingerprint density at radius 3 is 2.18 bits per heavy atom. The molecule has 2 aromatic carbocycles. The van der Waals surface area contributed by atoms with Gasteiger partial charge < -0.3 is 4.57 Å². The van der Waals surface area contributed by atoms with Crippen LogP contribution in [0, 0.1) is 11.3 Å². The summed E-state index contributed by atoms with van der Waals surface area (Å²) < 4.78 is 2.30. The SMILES string of the molecule is CCC(C)C1=CC=CC(C)(Cn2c3ccccc3c(=O)c3ccccc32)C=C1. The Morgan fingerprint density at radius 2 is 1.57 bits per heavy atom. The molecular weight excluding hydrogens is 342 g/mol. The number of nitrogens with zero attached hydrogens (tertiary/aromatic N) is 1. The standard InChI is InChI=1S/C26H27NO/c1-4-19(2)20-10-9-16-26(3,17-15-20)18-27-23-13-7-5-11-21(23)25(28)22-12-6-8-14-24(22)27/h5-17,19H,4,18H2,1-3H3. The molecule has 2 nitrogen and oxygen atoms in total. The van der Waals surface area contributed by atoms with Gasteiger partial charge in [0.15, 0.2) is 5.43 Å².